The van der Waals surface area contributed by atoms with Crippen molar-refractivity contribution in [3.8, 4) is 11.4 Å². The van der Waals surface area contributed by atoms with Gasteiger partial charge in [-0.2, -0.15) is 4.98 Å². The molecule has 2 aromatic heterocycles. The summed E-state index contributed by atoms with van der Waals surface area (Å²) in [5.41, 5.74) is 2.56. The first-order chi connectivity index (χ1) is 13.0. The van der Waals surface area contributed by atoms with Crippen molar-refractivity contribution in [1.82, 2.24) is 29.9 Å². The zero-order valence-corrected chi connectivity index (χ0v) is 15.5. The fourth-order valence-electron chi connectivity index (χ4n) is 3.24. The molecular weight excluding hydrogens is 346 g/mol. The third kappa shape index (κ3) is 3.17. The number of hydrogen-bond donors (Lipinski definition) is 1. The van der Waals surface area contributed by atoms with E-state index < -0.39 is 0 Å². The zero-order chi connectivity index (χ0) is 19.0. The van der Waals surface area contributed by atoms with E-state index in [0.29, 0.717) is 24.8 Å². The molecule has 4 rings (SSSR count). The number of imidazole rings is 1. The lowest BCUT2D eigenvalue weighted by molar-refractivity contribution is 0.252. The molecule has 0 saturated carbocycles. The summed E-state index contributed by atoms with van der Waals surface area (Å²) >= 11 is 0. The lowest BCUT2D eigenvalue weighted by Crippen LogP contribution is -2.27. The Labute approximate surface area is 156 Å². The highest BCUT2D eigenvalue weighted by Gasteiger charge is 2.27. The molecule has 0 radical (unpaired) electrons. The van der Waals surface area contributed by atoms with Crippen LogP contribution >= 0.6 is 0 Å². The number of carbonyl (C=O) groups is 1. The molecule has 0 bridgehead atoms. The van der Waals surface area contributed by atoms with Crippen molar-refractivity contribution in [3.63, 3.8) is 0 Å². The van der Waals surface area contributed by atoms with Gasteiger partial charge in [-0.15, -0.1) is 0 Å². The third-order valence-electron chi connectivity index (χ3n) is 4.60. The van der Waals surface area contributed by atoms with E-state index in [1.54, 1.807) is 17.4 Å². The summed E-state index contributed by atoms with van der Waals surface area (Å²) in [6, 6.07) is 7.29. The Balaban J connectivity index is 1.66. The molecule has 2 amide bonds. The Hall–Kier alpha value is -3.20. The van der Waals surface area contributed by atoms with Crippen LogP contribution in [0.3, 0.4) is 0 Å². The number of amides is 2. The molecule has 1 saturated heterocycles. The average molecular weight is 367 g/mol. The maximum absolute atomic E-state index is 11.9. The number of benzene rings is 1. The molecule has 1 N–H and O–H groups in total. The largest absolute Gasteiger partial charge is 0.337 e. The summed E-state index contributed by atoms with van der Waals surface area (Å²) in [7, 11) is 5.84. The molecule has 9 heteroatoms. The highest BCUT2D eigenvalue weighted by Crippen LogP contribution is 2.28. The molecule has 1 fully saturated rings. The Kier molecular flexibility index (Phi) is 4.36. The molecule has 1 unspecified atom stereocenters. The SMILES string of the molecule is CN(C)C(c1nc(-c2cccc(N3CCNC3=O)c2)no1)c1cncn1C. The predicted octanol–water partition coefficient (Wildman–Crippen LogP) is 1.65. The number of anilines is 1. The van der Waals surface area contributed by atoms with E-state index in [-0.39, 0.29) is 12.1 Å². The number of nitrogens with one attached hydrogen (secondary N) is 1. The summed E-state index contributed by atoms with van der Waals surface area (Å²) in [6.45, 7) is 1.29. The van der Waals surface area contributed by atoms with E-state index in [1.165, 1.54) is 0 Å². The molecule has 3 aromatic rings. The van der Waals surface area contributed by atoms with Crippen molar-refractivity contribution in [3.05, 3.63) is 48.4 Å². The first-order valence-corrected chi connectivity index (χ1v) is 8.66. The Bertz CT molecular complexity index is 962. The van der Waals surface area contributed by atoms with Crippen LogP contribution in [-0.2, 0) is 7.05 Å². The quantitative estimate of drug-likeness (QED) is 0.737. The molecule has 3 heterocycles. The van der Waals surface area contributed by atoms with Crippen LogP contribution in [-0.4, -0.2) is 57.8 Å². The van der Waals surface area contributed by atoms with Crippen LogP contribution in [0, 0.1) is 0 Å². The van der Waals surface area contributed by atoms with Gasteiger partial charge in [-0.1, -0.05) is 17.3 Å². The second-order valence-electron chi connectivity index (χ2n) is 6.69. The topological polar surface area (TPSA) is 92.3 Å². The van der Waals surface area contributed by atoms with E-state index in [2.05, 4.69) is 20.4 Å². The summed E-state index contributed by atoms with van der Waals surface area (Å²) in [6.07, 6.45) is 3.54. The number of rotatable bonds is 5. The second-order valence-corrected chi connectivity index (χ2v) is 6.69. The molecule has 9 nitrogen and oxygen atoms in total. The molecule has 1 aliphatic rings. The maximum atomic E-state index is 11.9. The molecule has 1 atom stereocenters. The van der Waals surface area contributed by atoms with Gasteiger partial charge in [0.15, 0.2) is 0 Å². The molecule has 1 aliphatic heterocycles. The second kappa shape index (κ2) is 6.84. The Morgan fingerprint density at radius 2 is 2.19 bits per heavy atom. The fourth-order valence-corrected chi connectivity index (χ4v) is 3.24. The molecule has 27 heavy (non-hydrogen) atoms. The van der Waals surface area contributed by atoms with Crippen molar-refractivity contribution in [2.75, 3.05) is 32.1 Å². The van der Waals surface area contributed by atoms with E-state index in [9.17, 15) is 4.79 Å². The molecule has 140 valence electrons. The van der Waals surface area contributed by atoms with Crippen molar-refractivity contribution in [1.29, 1.82) is 0 Å². The number of aromatic nitrogens is 4. The van der Waals surface area contributed by atoms with Gasteiger partial charge in [-0.3, -0.25) is 9.80 Å². The first-order valence-electron chi connectivity index (χ1n) is 8.66. The normalized spacial score (nSPS) is 15.4. The van der Waals surface area contributed by atoms with Gasteiger partial charge in [-0.25, -0.2) is 9.78 Å². The minimum absolute atomic E-state index is 0.0927. The van der Waals surface area contributed by atoms with Crippen molar-refractivity contribution < 1.29 is 9.32 Å². The average Bonchev–Trinajstić information content (AvgIpc) is 3.38. The van der Waals surface area contributed by atoms with Crippen molar-refractivity contribution >= 4 is 11.7 Å². The number of hydrogen-bond acceptors (Lipinski definition) is 6. The van der Waals surface area contributed by atoms with Gasteiger partial charge >= 0.3 is 6.03 Å². The van der Waals surface area contributed by atoms with Crippen LogP contribution in [0.4, 0.5) is 10.5 Å². The summed E-state index contributed by atoms with van der Waals surface area (Å²) in [4.78, 5) is 24.4. The fraction of sp³-hybridized carbons (Fsp3) is 0.333. The van der Waals surface area contributed by atoms with Crippen molar-refractivity contribution in [2.45, 2.75) is 6.04 Å². The zero-order valence-electron chi connectivity index (χ0n) is 15.5. The summed E-state index contributed by atoms with van der Waals surface area (Å²) < 4.78 is 7.50. The van der Waals surface area contributed by atoms with Crippen LogP contribution in [0.15, 0.2) is 41.3 Å². The minimum Gasteiger partial charge on any atom is -0.337 e. The van der Waals surface area contributed by atoms with Gasteiger partial charge < -0.3 is 14.4 Å². The first kappa shape index (κ1) is 17.2. The van der Waals surface area contributed by atoms with Gasteiger partial charge in [0.25, 0.3) is 5.89 Å². The van der Waals surface area contributed by atoms with E-state index >= 15 is 0 Å². The molecule has 0 aliphatic carbocycles. The van der Waals surface area contributed by atoms with Crippen molar-refractivity contribution in [2.24, 2.45) is 7.05 Å². The lowest BCUT2D eigenvalue weighted by Gasteiger charge is -2.20. The van der Waals surface area contributed by atoms with Gasteiger partial charge in [0.05, 0.1) is 18.2 Å². The summed E-state index contributed by atoms with van der Waals surface area (Å²) in [5, 5.41) is 6.96. The van der Waals surface area contributed by atoms with Gasteiger partial charge in [0, 0.05) is 31.4 Å². The smallest absolute Gasteiger partial charge is 0.321 e. The molecular formula is C18H21N7O2. The van der Waals surface area contributed by atoms with Gasteiger partial charge in [0.2, 0.25) is 5.82 Å². The van der Waals surface area contributed by atoms with Crippen LogP contribution in [0.2, 0.25) is 0 Å². The number of nitrogens with zero attached hydrogens (tertiary/aromatic N) is 6. The number of carbonyl (C=O) groups excluding carboxylic acids is 1. The van der Waals surface area contributed by atoms with Crippen LogP contribution in [0.25, 0.3) is 11.4 Å². The van der Waals surface area contributed by atoms with Crippen LogP contribution in [0.5, 0.6) is 0 Å². The van der Waals surface area contributed by atoms with Gasteiger partial charge in [-0.05, 0) is 26.2 Å². The van der Waals surface area contributed by atoms with Crippen LogP contribution in [0.1, 0.15) is 17.6 Å². The third-order valence-corrected chi connectivity index (χ3v) is 4.60. The lowest BCUT2D eigenvalue weighted by atomic mass is 10.1. The number of aryl methyl sites for hydroxylation is 1. The predicted molar refractivity (Wildman–Crippen MR) is 99.2 cm³/mol. The van der Waals surface area contributed by atoms with E-state index in [1.807, 2.05) is 54.9 Å². The Morgan fingerprint density at radius 3 is 2.85 bits per heavy atom. The maximum Gasteiger partial charge on any atom is 0.321 e. The molecule has 1 aromatic carbocycles. The minimum atomic E-state index is -0.203. The van der Waals surface area contributed by atoms with Gasteiger partial charge in [0.1, 0.15) is 6.04 Å². The highest BCUT2D eigenvalue weighted by atomic mass is 16.5. The standard InChI is InChI=1S/C18H21N7O2/c1-23(2)15(14-10-19-11-24(14)3)17-21-16(22-27-17)12-5-4-6-13(9-12)25-8-7-20-18(25)26/h4-6,9-11,15H,7-8H2,1-3H3,(H,20,26). The Morgan fingerprint density at radius 1 is 1.33 bits per heavy atom. The van der Waals surface area contributed by atoms with E-state index in [0.717, 1.165) is 16.9 Å². The monoisotopic (exact) mass is 367 g/mol. The molecule has 0 spiro atoms. The number of urea groups is 1. The highest BCUT2D eigenvalue weighted by molar-refractivity contribution is 5.94. The summed E-state index contributed by atoms with van der Waals surface area (Å²) in [5.74, 6) is 0.975. The van der Waals surface area contributed by atoms with Crippen LogP contribution < -0.4 is 10.2 Å². The van der Waals surface area contributed by atoms with E-state index in [4.69, 9.17) is 4.52 Å².